The van der Waals surface area contributed by atoms with Crippen molar-refractivity contribution in [3.8, 4) is 0 Å². The van der Waals surface area contributed by atoms with E-state index in [0.717, 1.165) is 36.4 Å². The van der Waals surface area contributed by atoms with Crippen LogP contribution in [0.2, 0.25) is 0 Å². The van der Waals surface area contributed by atoms with E-state index in [1.54, 1.807) is 0 Å². The lowest BCUT2D eigenvalue weighted by atomic mass is 10.2. The van der Waals surface area contributed by atoms with Crippen molar-refractivity contribution in [2.24, 2.45) is 0 Å². The van der Waals surface area contributed by atoms with Gasteiger partial charge in [-0.15, -0.1) is 0 Å². The molecule has 0 aliphatic heterocycles. The van der Waals surface area contributed by atoms with Crippen LogP contribution in [-0.4, -0.2) is 21.5 Å². The largest absolute Gasteiger partial charge is 0.353 e. The third kappa shape index (κ3) is 3.52. The lowest BCUT2D eigenvalue weighted by Gasteiger charge is -2.12. The molecule has 104 valence electrons. The van der Waals surface area contributed by atoms with Crippen molar-refractivity contribution in [1.29, 1.82) is 0 Å². The number of H-pyrrole nitrogens is 1. The number of halogens is 1. The molecule has 0 aromatic carbocycles. The van der Waals surface area contributed by atoms with Crippen LogP contribution in [0.1, 0.15) is 32.1 Å². The third-order valence-electron chi connectivity index (χ3n) is 3.27. The molecule has 1 heterocycles. The fourth-order valence-electron chi connectivity index (χ4n) is 2.24. The smallest absolute Gasteiger partial charge is 0.328 e. The summed E-state index contributed by atoms with van der Waals surface area (Å²) in [7, 11) is 0. The Labute approximate surface area is 108 Å². The average Bonchev–Trinajstić information content (AvgIpc) is 2.85. The van der Waals surface area contributed by atoms with E-state index in [-0.39, 0.29) is 24.9 Å². The zero-order chi connectivity index (χ0) is 13.8. The first-order valence-corrected chi connectivity index (χ1v) is 6.35. The van der Waals surface area contributed by atoms with Gasteiger partial charge >= 0.3 is 5.69 Å². The van der Waals surface area contributed by atoms with Gasteiger partial charge in [0, 0.05) is 19.0 Å². The van der Waals surface area contributed by atoms with Crippen LogP contribution >= 0.6 is 0 Å². The standard InChI is InChI=1S/C12H16FN3O3/c13-9-7-16(12(19)15-11(9)18)6-5-10(17)14-8-3-1-2-4-8/h7-8H,1-6H2,(H,14,17)(H,15,18,19). The van der Waals surface area contributed by atoms with E-state index in [4.69, 9.17) is 0 Å². The number of carbonyl (C=O) groups excluding carboxylic acids is 1. The maximum absolute atomic E-state index is 13.0. The maximum Gasteiger partial charge on any atom is 0.328 e. The number of carbonyl (C=O) groups is 1. The van der Waals surface area contributed by atoms with E-state index in [1.807, 2.05) is 4.98 Å². The summed E-state index contributed by atoms with van der Waals surface area (Å²) in [5.74, 6) is -1.19. The molecule has 1 aromatic heterocycles. The fourth-order valence-corrected chi connectivity index (χ4v) is 2.24. The normalized spacial score (nSPS) is 15.6. The fraction of sp³-hybridized carbons (Fsp3) is 0.583. The summed E-state index contributed by atoms with van der Waals surface area (Å²) in [5.41, 5.74) is -1.75. The van der Waals surface area contributed by atoms with Crippen molar-refractivity contribution in [3.63, 3.8) is 0 Å². The van der Waals surface area contributed by atoms with Gasteiger partial charge in [0.15, 0.2) is 0 Å². The highest BCUT2D eigenvalue weighted by atomic mass is 19.1. The molecule has 2 rings (SSSR count). The first-order valence-electron chi connectivity index (χ1n) is 6.35. The molecule has 6 nitrogen and oxygen atoms in total. The Morgan fingerprint density at radius 2 is 2.11 bits per heavy atom. The highest BCUT2D eigenvalue weighted by molar-refractivity contribution is 5.76. The van der Waals surface area contributed by atoms with Gasteiger partial charge in [-0.1, -0.05) is 12.8 Å². The molecule has 0 spiro atoms. The summed E-state index contributed by atoms with van der Waals surface area (Å²) < 4.78 is 14.0. The van der Waals surface area contributed by atoms with Gasteiger partial charge in [0.05, 0.1) is 6.20 Å². The molecule has 0 radical (unpaired) electrons. The predicted molar refractivity (Wildman–Crippen MR) is 66.3 cm³/mol. The Kier molecular flexibility index (Phi) is 4.13. The van der Waals surface area contributed by atoms with Crippen molar-refractivity contribution in [2.75, 3.05) is 0 Å². The number of nitrogens with zero attached hydrogens (tertiary/aromatic N) is 1. The molecule has 0 saturated heterocycles. The molecule has 1 aliphatic rings. The van der Waals surface area contributed by atoms with Gasteiger partial charge in [-0.2, -0.15) is 4.39 Å². The lowest BCUT2D eigenvalue weighted by Crippen LogP contribution is -2.35. The minimum absolute atomic E-state index is 0.0467. The molecule has 0 bridgehead atoms. The van der Waals surface area contributed by atoms with Crippen molar-refractivity contribution < 1.29 is 9.18 Å². The van der Waals surface area contributed by atoms with Crippen LogP contribution in [-0.2, 0) is 11.3 Å². The Morgan fingerprint density at radius 1 is 1.42 bits per heavy atom. The van der Waals surface area contributed by atoms with Crippen LogP contribution in [0, 0.1) is 5.82 Å². The highest BCUT2D eigenvalue weighted by Gasteiger charge is 2.17. The second-order valence-corrected chi connectivity index (χ2v) is 4.73. The minimum atomic E-state index is -1.04. The van der Waals surface area contributed by atoms with Gasteiger partial charge in [0.1, 0.15) is 0 Å². The van der Waals surface area contributed by atoms with Crippen LogP contribution < -0.4 is 16.6 Å². The lowest BCUT2D eigenvalue weighted by molar-refractivity contribution is -0.122. The maximum atomic E-state index is 13.0. The number of nitrogens with one attached hydrogen (secondary N) is 2. The van der Waals surface area contributed by atoms with Crippen LogP contribution in [0.5, 0.6) is 0 Å². The Balaban J connectivity index is 1.91. The number of amides is 1. The zero-order valence-corrected chi connectivity index (χ0v) is 10.4. The summed E-state index contributed by atoms with van der Waals surface area (Å²) in [6.07, 6.45) is 5.12. The topological polar surface area (TPSA) is 84.0 Å². The SMILES string of the molecule is O=C(CCn1cc(F)c(=O)[nH]c1=O)NC1CCCC1. The van der Waals surface area contributed by atoms with Gasteiger partial charge in [-0.3, -0.25) is 19.1 Å². The number of aromatic amines is 1. The van der Waals surface area contributed by atoms with Crippen molar-refractivity contribution >= 4 is 5.91 Å². The molecule has 19 heavy (non-hydrogen) atoms. The van der Waals surface area contributed by atoms with Gasteiger partial charge in [0.2, 0.25) is 11.7 Å². The van der Waals surface area contributed by atoms with E-state index < -0.39 is 17.1 Å². The first kappa shape index (κ1) is 13.5. The second kappa shape index (κ2) is 5.81. The Morgan fingerprint density at radius 3 is 2.79 bits per heavy atom. The molecule has 0 atom stereocenters. The third-order valence-corrected chi connectivity index (χ3v) is 3.27. The Hall–Kier alpha value is -1.92. The first-order chi connectivity index (χ1) is 9.06. The van der Waals surface area contributed by atoms with Crippen molar-refractivity contribution in [2.45, 2.75) is 44.7 Å². The number of aryl methyl sites for hydroxylation is 1. The van der Waals surface area contributed by atoms with Gasteiger partial charge < -0.3 is 5.32 Å². The molecule has 2 N–H and O–H groups in total. The number of aromatic nitrogens is 2. The summed E-state index contributed by atoms with van der Waals surface area (Å²) in [6, 6.07) is 0.219. The van der Waals surface area contributed by atoms with Crippen LogP contribution in [0.3, 0.4) is 0 Å². The van der Waals surface area contributed by atoms with Gasteiger partial charge in [-0.25, -0.2) is 4.79 Å². The predicted octanol–water partition coefficient (Wildman–Crippen LogP) is 0.125. The van der Waals surface area contributed by atoms with E-state index in [2.05, 4.69) is 5.32 Å². The highest BCUT2D eigenvalue weighted by Crippen LogP contribution is 2.17. The Bertz CT molecular complexity index is 572. The molecule has 0 unspecified atom stereocenters. The monoisotopic (exact) mass is 269 g/mol. The summed E-state index contributed by atoms with van der Waals surface area (Å²) in [6.45, 7) is 0.0467. The summed E-state index contributed by atoms with van der Waals surface area (Å²) in [5, 5.41) is 2.87. The molecule has 1 aromatic rings. The molecule has 1 fully saturated rings. The molecular weight excluding hydrogens is 253 g/mol. The molecule has 7 heteroatoms. The van der Waals surface area contributed by atoms with E-state index in [1.165, 1.54) is 0 Å². The number of hydrogen-bond donors (Lipinski definition) is 2. The van der Waals surface area contributed by atoms with E-state index >= 15 is 0 Å². The van der Waals surface area contributed by atoms with Crippen LogP contribution in [0.4, 0.5) is 4.39 Å². The number of rotatable bonds is 4. The molecule has 1 aliphatic carbocycles. The van der Waals surface area contributed by atoms with Crippen LogP contribution in [0.25, 0.3) is 0 Å². The van der Waals surface area contributed by atoms with Gasteiger partial charge in [0.25, 0.3) is 5.56 Å². The number of hydrogen-bond acceptors (Lipinski definition) is 3. The summed E-state index contributed by atoms with van der Waals surface area (Å²) in [4.78, 5) is 35.7. The van der Waals surface area contributed by atoms with Crippen molar-refractivity contribution in [3.05, 3.63) is 32.9 Å². The summed E-state index contributed by atoms with van der Waals surface area (Å²) >= 11 is 0. The zero-order valence-electron chi connectivity index (χ0n) is 10.4. The molecule has 1 amide bonds. The molecular formula is C12H16FN3O3. The van der Waals surface area contributed by atoms with Crippen molar-refractivity contribution in [1.82, 2.24) is 14.9 Å². The second-order valence-electron chi connectivity index (χ2n) is 4.73. The average molecular weight is 269 g/mol. The van der Waals surface area contributed by atoms with Crippen LogP contribution in [0.15, 0.2) is 15.8 Å². The van der Waals surface area contributed by atoms with Gasteiger partial charge in [-0.05, 0) is 12.8 Å². The quantitative estimate of drug-likeness (QED) is 0.814. The van der Waals surface area contributed by atoms with E-state index in [9.17, 15) is 18.8 Å². The van der Waals surface area contributed by atoms with E-state index in [0.29, 0.717) is 0 Å². The minimum Gasteiger partial charge on any atom is -0.353 e. The molecule has 1 saturated carbocycles.